The molecule has 4 unspecified atom stereocenters. The molecule has 90 valence electrons. The van der Waals surface area contributed by atoms with Crippen molar-refractivity contribution in [2.45, 2.75) is 64.2 Å². The lowest BCUT2D eigenvalue weighted by Crippen LogP contribution is -2.29. The first-order valence-corrected chi connectivity index (χ1v) is 7.92. The average molecular weight is 218 g/mol. The molecule has 0 N–H and O–H groups in total. The van der Waals surface area contributed by atoms with E-state index in [2.05, 4.69) is 0 Å². The molecular formula is C16H26. The summed E-state index contributed by atoms with van der Waals surface area (Å²) in [6, 6.07) is 0. The van der Waals surface area contributed by atoms with Crippen molar-refractivity contribution in [3.63, 3.8) is 0 Å². The Balaban J connectivity index is 1.49. The summed E-state index contributed by atoms with van der Waals surface area (Å²) in [7, 11) is 0. The van der Waals surface area contributed by atoms with E-state index < -0.39 is 0 Å². The van der Waals surface area contributed by atoms with Crippen LogP contribution >= 0.6 is 0 Å². The smallest absolute Gasteiger partial charge is 0.0355 e. The summed E-state index contributed by atoms with van der Waals surface area (Å²) in [6.45, 7) is 0. The zero-order valence-electron chi connectivity index (χ0n) is 10.5. The number of hydrogen-bond acceptors (Lipinski definition) is 0. The first kappa shape index (κ1) is 9.97. The molecule has 0 heteroatoms. The quantitative estimate of drug-likeness (QED) is 0.601. The van der Waals surface area contributed by atoms with Crippen molar-refractivity contribution in [2.24, 2.45) is 35.5 Å². The van der Waals surface area contributed by atoms with Crippen LogP contribution in [0.2, 0.25) is 0 Å². The second-order valence-electron chi connectivity index (χ2n) is 7.28. The molecule has 0 bridgehead atoms. The molecule has 0 amide bonds. The summed E-state index contributed by atoms with van der Waals surface area (Å²) in [4.78, 5) is 0. The Hall–Kier alpha value is 0. The SMILES string of the molecule is C1CC2CCC[C@@H]2C(C2CC3CC[C@@H]3C2)C1. The second-order valence-corrected chi connectivity index (χ2v) is 7.28. The van der Waals surface area contributed by atoms with Crippen molar-refractivity contribution >= 4 is 0 Å². The fourth-order valence-electron chi connectivity index (χ4n) is 5.88. The summed E-state index contributed by atoms with van der Waals surface area (Å²) in [5, 5.41) is 0. The lowest BCUT2D eigenvalue weighted by molar-refractivity contribution is 0.122. The van der Waals surface area contributed by atoms with Gasteiger partial charge >= 0.3 is 0 Å². The van der Waals surface area contributed by atoms with Crippen LogP contribution in [0.15, 0.2) is 0 Å². The highest BCUT2D eigenvalue weighted by Crippen LogP contribution is 2.57. The molecule has 4 fully saturated rings. The summed E-state index contributed by atoms with van der Waals surface area (Å²) >= 11 is 0. The van der Waals surface area contributed by atoms with Crippen LogP contribution in [0.25, 0.3) is 0 Å². The highest BCUT2D eigenvalue weighted by atomic mass is 14.5. The monoisotopic (exact) mass is 218 g/mol. The molecule has 0 aliphatic heterocycles. The molecule has 4 rings (SSSR count). The predicted octanol–water partition coefficient (Wildman–Crippen LogP) is 4.64. The fraction of sp³-hybridized carbons (Fsp3) is 1.00. The standard InChI is InChI=1S/C16H26/c1-3-11-4-2-6-16(15(11)5-1)14-9-12-7-8-13(12)10-14/h11-16H,1-10H2/t11?,12-,13?,14?,15+,16?/m1/s1. The normalized spacial score (nSPS) is 55.5. The maximum Gasteiger partial charge on any atom is -0.0355 e. The fourth-order valence-corrected chi connectivity index (χ4v) is 5.88. The maximum absolute atomic E-state index is 1.64. The third kappa shape index (κ3) is 1.41. The van der Waals surface area contributed by atoms with Crippen LogP contribution < -0.4 is 0 Å². The van der Waals surface area contributed by atoms with E-state index in [4.69, 9.17) is 0 Å². The van der Waals surface area contributed by atoms with E-state index in [1.54, 1.807) is 64.2 Å². The van der Waals surface area contributed by atoms with Crippen LogP contribution in [0, 0.1) is 35.5 Å². The third-order valence-corrected chi connectivity index (χ3v) is 6.77. The molecule has 4 aliphatic carbocycles. The maximum atomic E-state index is 1.64. The molecule has 0 nitrogen and oxygen atoms in total. The zero-order valence-corrected chi connectivity index (χ0v) is 10.5. The zero-order chi connectivity index (χ0) is 10.5. The van der Waals surface area contributed by atoms with E-state index in [1.807, 2.05) is 0 Å². The van der Waals surface area contributed by atoms with Crippen molar-refractivity contribution in [3.05, 3.63) is 0 Å². The molecule has 4 aliphatic rings. The van der Waals surface area contributed by atoms with Crippen molar-refractivity contribution in [1.29, 1.82) is 0 Å². The summed E-state index contributed by atoms with van der Waals surface area (Å²) in [5.74, 6) is 7.06. The van der Waals surface area contributed by atoms with Gasteiger partial charge < -0.3 is 0 Å². The van der Waals surface area contributed by atoms with Gasteiger partial charge in [0.05, 0.1) is 0 Å². The van der Waals surface area contributed by atoms with Gasteiger partial charge in [0, 0.05) is 0 Å². The molecule has 0 spiro atoms. The van der Waals surface area contributed by atoms with E-state index in [1.165, 1.54) is 29.6 Å². The summed E-state index contributed by atoms with van der Waals surface area (Å²) in [5.41, 5.74) is 0. The Morgan fingerprint density at radius 2 is 1.00 bits per heavy atom. The number of rotatable bonds is 1. The minimum Gasteiger partial charge on any atom is -0.0527 e. The van der Waals surface area contributed by atoms with Gasteiger partial charge in [-0.25, -0.2) is 0 Å². The average Bonchev–Trinajstić information content (AvgIpc) is 2.84. The number of hydrogen-bond donors (Lipinski definition) is 0. The van der Waals surface area contributed by atoms with Gasteiger partial charge in [-0.15, -0.1) is 0 Å². The Bertz CT molecular complexity index is 257. The molecular weight excluding hydrogens is 192 g/mol. The third-order valence-electron chi connectivity index (χ3n) is 6.77. The summed E-state index contributed by atoms with van der Waals surface area (Å²) in [6.07, 6.45) is 15.9. The molecule has 6 atom stereocenters. The molecule has 0 heterocycles. The van der Waals surface area contributed by atoms with Gasteiger partial charge in [-0.1, -0.05) is 25.7 Å². The molecule has 4 saturated carbocycles. The van der Waals surface area contributed by atoms with Gasteiger partial charge in [0.1, 0.15) is 0 Å². The van der Waals surface area contributed by atoms with Crippen molar-refractivity contribution in [3.8, 4) is 0 Å². The van der Waals surface area contributed by atoms with Crippen LogP contribution in [-0.2, 0) is 0 Å². The Morgan fingerprint density at radius 1 is 0.438 bits per heavy atom. The first-order chi connectivity index (χ1) is 7.92. The highest BCUT2D eigenvalue weighted by molar-refractivity contribution is 4.97. The van der Waals surface area contributed by atoms with Gasteiger partial charge in [0.15, 0.2) is 0 Å². The Kier molecular flexibility index (Phi) is 2.34. The molecule has 0 radical (unpaired) electrons. The molecule has 0 aromatic heterocycles. The molecule has 0 saturated heterocycles. The number of fused-ring (bicyclic) bond motifs is 2. The van der Waals surface area contributed by atoms with E-state index >= 15 is 0 Å². The lowest BCUT2D eigenvalue weighted by atomic mass is 9.68. The predicted molar refractivity (Wildman–Crippen MR) is 67.1 cm³/mol. The van der Waals surface area contributed by atoms with E-state index in [-0.39, 0.29) is 0 Å². The van der Waals surface area contributed by atoms with Crippen molar-refractivity contribution in [1.82, 2.24) is 0 Å². The van der Waals surface area contributed by atoms with E-state index in [0.717, 1.165) is 5.92 Å². The van der Waals surface area contributed by atoms with Crippen molar-refractivity contribution in [2.75, 3.05) is 0 Å². The van der Waals surface area contributed by atoms with E-state index in [0.29, 0.717) is 0 Å². The Labute approximate surface area is 100 Å². The summed E-state index contributed by atoms with van der Waals surface area (Å²) < 4.78 is 0. The van der Waals surface area contributed by atoms with Gasteiger partial charge in [-0.05, 0) is 74.0 Å². The van der Waals surface area contributed by atoms with Crippen molar-refractivity contribution < 1.29 is 0 Å². The van der Waals surface area contributed by atoms with Crippen LogP contribution in [-0.4, -0.2) is 0 Å². The van der Waals surface area contributed by atoms with Gasteiger partial charge in [-0.2, -0.15) is 0 Å². The Morgan fingerprint density at radius 3 is 1.56 bits per heavy atom. The molecule has 0 aromatic rings. The van der Waals surface area contributed by atoms with Crippen LogP contribution in [0.3, 0.4) is 0 Å². The topological polar surface area (TPSA) is 0 Å². The second kappa shape index (κ2) is 3.75. The molecule has 0 aromatic carbocycles. The van der Waals surface area contributed by atoms with Gasteiger partial charge in [-0.3, -0.25) is 0 Å². The van der Waals surface area contributed by atoms with Crippen LogP contribution in [0.4, 0.5) is 0 Å². The molecule has 16 heavy (non-hydrogen) atoms. The minimum absolute atomic E-state index is 1.16. The highest BCUT2D eigenvalue weighted by Gasteiger charge is 2.47. The van der Waals surface area contributed by atoms with Gasteiger partial charge in [0.2, 0.25) is 0 Å². The van der Waals surface area contributed by atoms with Crippen LogP contribution in [0.1, 0.15) is 64.2 Å². The van der Waals surface area contributed by atoms with Gasteiger partial charge in [0.25, 0.3) is 0 Å². The largest absolute Gasteiger partial charge is 0.0527 e. The van der Waals surface area contributed by atoms with E-state index in [9.17, 15) is 0 Å². The minimum atomic E-state index is 1.16. The first-order valence-electron chi connectivity index (χ1n) is 7.92. The van der Waals surface area contributed by atoms with Crippen LogP contribution in [0.5, 0.6) is 0 Å². The lowest BCUT2D eigenvalue weighted by Gasteiger charge is -2.37.